The molecule has 49 heavy (non-hydrogen) atoms. The Morgan fingerprint density at radius 2 is 0.735 bits per heavy atom. The van der Waals surface area contributed by atoms with Gasteiger partial charge in [-0.3, -0.25) is 24.0 Å². The van der Waals surface area contributed by atoms with E-state index in [0.717, 1.165) is 0 Å². The molecule has 0 rings (SSSR count). The van der Waals surface area contributed by atoms with Gasteiger partial charge in [0, 0.05) is 68.0 Å². The molecule has 6 amide bonds. The zero-order valence-electron chi connectivity index (χ0n) is 29.3. The van der Waals surface area contributed by atoms with E-state index < -0.39 is 18.7 Å². The van der Waals surface area contributed by atoms with Gasteiger partial charge in [0.15, 0.2) is 0 Å². The predicted molar refractivity (Wildman–Crippen MR) is 170 cm³/mol. The van der Waals surface area contributed by atoms with Gasteiger partial charge in [-0.25, -0.2) is 9.59 Å². The highest BCUT2D eigenvalue weighted by Crippen LogP contribution is 1.94. The van der Waals surface area contributed by atoms with Crippen LogP contribution in [0.1, 0.15) is 0 Å². The van der Waals surface area contributed by atoms with Crippen molar-refractivity contribution in [3.05, 3.63) is 0 Å². The second kappa shape index (κ2) is 26.8. The second-order valence-corrected chi connectivity index (χ2v) is 10.6. The molecule has 20 nitrogen and oxygen atoms in total. The summed E-state index contributed by atoms with van der Waals surface area (Å²) in [6, 6.07) is 0. The number of carbonyl (C=O) groups is 7. The van der Waals surface area contributed by atoms with Gasteiger partial charge in [-0.2, -0.15) is 0 Å². The van der Waals surface area contributed by atoms with Crippen molar-refractivity contribution in [3.8, 4) is 0 Å². The smallest absolute Gasteiger partial charge is 0.407 e. The first kappa shape index (κ1) is 44.9. The third-order valence-electron chi connectivity index (χ3n) is 6.68. The molecular formula is C29H52N6O14. The van der Waals surface area contributed by atoms with Gasteiger partial charge in [0.2, 0.25) is 29.5 Å². The highest BCUT2D eigenvalue weighted by Gasteiger charge is 2.15. The largest absolute Gasteiger partial charge is 0.480 e. The average Bonchev–Trinajstić information content (AvgIpc) is 3.08. The molecule has 0 spiro atoms. The monoisotopic (exact) mass is 708 g/mol. The average molecular weight is 709 g/mol. The van der Waals surface area contributed by atoms with E-state index in [9.17, 15) is 33.6 Å². The SMILES string of the molecule is COC(=O)NCC(=O)N(C)CCOCC(=O)N(C)CCOCC(=O)N(C)CCOCC(=O)N(C)CCOCC(=O)N(C)CCOCC(=O)O. The molecule has 0 saturated heterocycles. The van der Waals surface area contributed by atoms with Crippen LogP contribution >= 0.6 is 0 Å². The molecular weight excluding hydrogens is 656 g/mol. The third-order valence-corrected chi connectivity index (χ3v) is 6.68. The maximum atomic E-state index is 12.3. The summed E-state index contributed by atoms with van der Waals surface area (Å²) in [5.41, 5.74) is 0. The van der Waals surface area contributed by atoms with Crippen molar-refractivity contribution in [1.82, 2.24) is 29.8 Å². The Morgan fingerprint density at radius 3 is 1.00 bits per heavy atom. The summed E-state index contributed by atoms with van der Waals surface area (Å²) in [5, 5.41) is 10.8. The van der Waals surface area contributed by atoms with Crippen molar-refractivity contribution in [2.24, 2.45) is 0 Å². The molecule has 0 unspecified atom stereocenters. The van der Waals surface area contributed by atoms with Crippen molar-refractivity contribution < 1.29 is 67.1 Å². The van der Waals surface area contributed by atoms with Crippen LogP contribution in [-0.2, 0) is 57.2 Å². The molecule has 0 atom stereocenters. The Bertz CT molecular complexity index is 1050. The van der Waals surface area contributed by atoms with E-state index in [-0.39, 0.29) is 128 Å². The number of ether oxygens (including phenoxy) is 6. The van der Waals surface area contributed by atoms with E-state index in [1.165, 1.54) is 45.7 Å². The molecule has 0 aliphatic carbocycles. The summed E-state index contributed by atoms with van der Waals surface area (Å²) in [4.78, 5) is 89.0. The van der Waals surface area contributed by atoms with Crippen molar-refractivity contribution in [1.29, 1.82) is 0 Å². The molecule has 282 valence electrons. The lowest BCUT2D eigenvalue weighted by atomic mass is 10.4. The number of rotatable bonds is 27. The molecule has 0 heterocycles. The highest BCUT2D eigenvalue weighted by atomic mass is 16.5. The molecule has 20 heteroatoms. The van der Waals surface area contributed by atoms with Gasteiger partial charge < -0.3 is 63.3 Å². The maximum Gasteiger partial charge on any atom is 0.407 e. The number of aliphatic carboxylic acids is 1. The van der Waals surface area contributed by atoms with E-state index in [4.69, 9.17) is 28.8 Å². The number of methoxy groups -OCH3 is 1. The standard InChI is InChI=1S/C29H52N6O14/c1-31(23(36)17-30-29(43)44-6)7-12-45-18-24(37)32(2)8-13-46-19-25(38)33(3)9-14-47-20-26(39)34(4)10-15-48-21-27(40)35(5)11-16-49-22-28(41)42/h7-22H2,1-6H3,(H,30,43)(H,41,42). The Morgan fingerprint density at radius 1 is 0.469 bits per heavy atom. The lowest BCUT2D eigenvalue weighted by Gasteiger charge is -2.20. The van der Waals surface area contributed by atoms with Crippen molar-refractivity contribution >= 4 is 41.6 Å². The molecule has 0 bridgehead atoms. The molecule has 0 aliphatic heterocycles. The third kappa shape index (κ3) is 23.0. The molecule has 0 saturated carbocycles. The lowest BCUT2D eigenvalue weighted by Crippen LogP contribution is -2.40. The zero-order valence-corrected chi connectivity index (χ0v) is 29.3. The first-order valence-electron chi connectivity index (χ1n) is 15.3. The fourth-order valence-corrected chi connectivity index (χ4v) is 3.22. The van der Waals surface area contributed by atoms with Gasteiger partial charge in [-0.15, -0.1) is 0 Å². The molecule has 2 N–H and O–H groups in total. The molecule has 0 aliphatic rings. The fraction of sp³-hybridized carbons (Fsp3) is 0.759. The van der Waals surface area contributed by atoms with Crippen LogP contribution in [0.3, 0.4) is 0 Å². The van der Waals surface area contributed by atoms with E-state index in [1.807, 2.05) is 0 Å². The first-order chi connectivity index (χ1) is 23.2. The second-order valence-electron chi connectivity index (χ2n) is 10.6. The molecule has 0 radical (unpaired) electrons. The number of alkyl carbamates (subject to hydrolysis) is 1. The molecule has 0 aromatic rings. The number of carboxylic acids is 1. The van der Waals surface area contributed by atoms with Crippen molar-refractivity contribution in [2.45, 2.75) is 0 Å². The number of amides is 6. The molecule has 0 aromatic carbocycles. The summed E-state index contributed by atoms with van der Waals surface area (Å²) in [6.07, 6.45) is -0.715. The van der Waals surface area contributed by atoms with Gasteiger partial charge in [0.25, 0.3) is 0 Å². The summed E-state index contributed by atoms with van der Waals surface area (Å²) in [7, 11) is 8.96. The van der Waals surface area contributed by atoms with Gasteiger partial charge >= 0.3 is 12.1 Å². The Kier molecular flexibility index (Phi) is 24.5. The summed E-state index contributed by atoms with van der Waals surface area (Å²) in [6.45, 7) is 0.144. The minimum Gasteiger partial charge on any atom is -0.480 e. The fourth-order valence-electron chi connectivity index (χ4n) is 3.22. The summed E-state index contributed by atoms with van der Waals surface area (Å²) in [5.74, 6) is -2.68. The predicted octanol–water partition coefficient (Wildman–Crippen LogP) is -3.20. The van der Waals surface area contributed by atoms with Gasteiger partial charge in [0.05, 0.1) is 40.1 Å². The lowest BCUT2D eigenvalue weighted by molar-refractivity contribution is -0.143. The van der Waals surface area contributed by atoms with Gasteiger partial charge in [0.1, 0.15) is 39.6 Å². The Balaban J connectivity index is 3.97. The van der Waals surface area contributed by atoms with E-state index in [0.29, 0.717) is 0 Å². The number of hydrogen-bond donors (Lipinski definition) is 2. The van der Waals surface area contributed by atoms with E-state index in [1.54, 1.807) is 21.1 Å². The van der Waals surface area contributed by atoms with Crippen LogP contribution in [-0.4, -0.2) is 219 Å². The highest BCUT2D eigenvalue weighted by molar-refractivity contribution is 5.82. The number of nitrogens with one attached hydrogen (secondary N) is 1. The molecule has 0 aromatic heterocycles. The van der Waals surface area contributed by atoms with Crippen LogP contribution < -0.4 is 5.32 Å². The van der Waals surface area contributed by atoms with Crippen LogP contribution in [0.5, 0.6) is 0 Å². The van der Waals surface area contributed by atoms with Crippen LogP contribution in [0, 0.1) is 0 Å². The summed E-state index contributed by atoms with van der Waals surface area (Å²) >= 11 is 0. The van der Waals surface area contributed by atoms with Crippen LogP contribution in [0.25, 0.3) is 0 Å². The van der Waals surface area contributed by atoms with Crippen LogP contribution in [0.15, 0.2) is 0 Å². The Hall–Kier alpha value is -4.11. The maximum absolute atomic E-state index is 12.3. The van der Waals surface area contributed by atoms with Gasteiger partial charge in [-0.05, 0) is 0 Å². The number of nitrogens with zero attached hydrogens (tertiary/aromatic N) is 5. The number of carboxylic acid groups (broad SMARTS) is 1. The minimum atomic E-state index is -1.09. The number of likely N-dealkylation sites (N-methyl/N-ethyl adjacent to an activating group) is 5. The quantitative estimate of drug-likeness (QED) is 0.0803. The van der Waals surface area contributed by atoms with Crippen molar-refractivity contribution in [3.63, 3.8) is 0 Å². The normalized spacial score (nSPS) is 10.6. The first-order valence-corrected chi connectivity index (χ1v) is 15.3. The molecule has 0 fully saturated rings. The van der Waals surface area contributed by atoms with E-state index in [2.05, 4.69) is 10.1 Å². The van der Waals surface area contributed by atoms with Gasteiger partial charge in [-0.1, -0.05) is 0 Å². The summed E-state index contributed by atoms with van der Waals surface area (Å²) < 4.78 is 30.7. The van der Waals surface area contributed by atoms with Crippen molar-refractivity contribution in [2.75, 3.05) is 148 Å². The Labute approximate surface area is 286 Å². The van der Waals surface area contributed by atoms with Crippen LogP contribution in [0.2, 0.25) is 0 Å². The van der Waals surface area contributed by atoms with Crippen LogP contribution in [0.4, 0.5) is 4.79 Å². The van der Waals surface area contributed by atoms with E-state index >= 15 is 0 Å². The minimum absolute atomic E-state index is 0.0811. The topological polar surface area (TPSA) is 223 Å². The number of hydrogen-bond acceptors (Lipinski definition) is 13. The number of carbonyl (C=O) groups excluding carboxylic acids is 6. The zero-order chi connectivity index (χ0) is 37.2.